The average molecular weight is 359 g/mol. The molecule has 0 aromatic heterocycles. The van der Waals surface area contributed by atoms with Gasteiger partial charge >= 0.3 is 0 Å². The highest BCUT2D eigenvalue weighted by Crippen LogP contribution is 2.23. The maximum atomic E-state index is 11.8. The van der Waals surface area contributed by atoms with Crippen molar-refractivity contribution in [1.82, 2.24) is 10.9 Å². The molecule has 1 aliphatic heterocycles. The number of nitrogens with zero attached hydrogens (tertiary/aromatic N) is 3. The van der Waals surface area contributed by atoms with Crippen LogP contribution in [0.15, 0.2) is 28.4 Å². The molecule has 0 spiro atoms. The number of nitrogens with one attached hydrogen (secondary N) is 2. The number of phenolic OH excluding ortho intramolecular Hbond substituents is 1. The quantitative estimate of drug-likeness (QED) is 0.484. The maximum absolute atomic E-state index is 11.8. The van der Waals surface area contributed by atoms with Gasteiger partial charge in [-0.25, -0.2) is 10.9 Å². The van der Waals surface area contributed by atoms with E-state index < -0.39 is 0 Å². The highest BCUT2D eigenvalue weighted by Gasteiger charge is 2.26. The Morgan fingerprint density at radius 3 is 2.73 bits per heavy atom. The Hall–Kier alpha value is -2.90. The van der Waals surface area contributed by atoms with Gasteiger partial charge in [0, 0.05) is 42.5 Å². The van der Waals surface area contributed by atoms with Crippen LogP contribution in [0.4, 0.5) is 5.69 Å². The number of amides is 2. The fraction of sp³-hybridized carbons (Fsp3) is 0.444. The largest absolute Gasteiger partial charge is 0.507 e. The van der Waals surface area contributed by atoms with Crippen molar-refractivity contribution in [2.45, 2.75) is 33.6 Å². The van der Waals surface area contributed by atoms with Gasteiger partial charge in [-0.1, -0.05) is 0 Å². The number of aromatic hydroxyl groups is 1. The molecular formula is C18H25N5O3. The number of hydrogen-bond donors (Lipinski definition) is 3. The standard InChI is InChI=1S/C18H25N5O3/c1-4-23(5-2)14-7-6-13(16(24)10-14)11-19-21-17(25)9-8-15-12(3)20-22-18(15)26/h6-7,10-11,15,24H,4-5,8-9H2,1-3H3,(H,21,25)(H,22,26)/b19-11-. The number of hydrazone groups is 2. The number of rotatable bonds is 8. The highest BCUT2D eigenvalue weighted by molar-refractivity contribution is 6.07. The van der Waals surface area contributed by atoms with E-state index in [1.165, 1.54) is 6.21 Å². The number of phenols is 1. The molecule has 26 heavy (non-hydrogen) atoms. The second-order valence-corrected chi connectivity index (χ2v) is 6.03. The van der Waals surface area contributed by atoms with E-state index in [0.717, 1.165) is 18.8 Å². The molecule has 1 heterocycles. The molecule has 0 saturated carbocycles. The first kappa shape index (κ1) is 19.4. The predicted molar refractivity (Wildman–Crippen MR) is 101 cm³/mol. The lowest BCUT2D eigenvalue weighted by atomic mass is 9.99. The van der Waals surface area contributed by atoms with Gasteiger partial charge in [0.1, 0.15) is 5.75 Å². The molecule has 0 aliphatic carbocycles. The second-order valence-electron chi connectivity index (χ2n) is 6.03. The molecule has 8 heteroatoms. The van der Waals surface area contributed by atoms with Gasteiger partial charge in [-0.2, -0.15) is 10.2 Å². The molecular weight excluding hydrogens is 334 g/mol. The van der Waals surface area contributed by atoms with Gasteiger partial charge < -0.3 is 10.0 Å². The van der Waals surface area contributed by atoms with E-state index in [0.29, 0.717) is 17.7 Å². The van der Waals surface area contributed by atoms with Crippen molar-refractivity contribution in [2.24, 2.45) is 16.1 Å². The third-order valence-corrected chi connectivity index (χ3v) is 4.36. The summed E-state index contributed by atoms with van der Waals surface area (Å²) >= 11 is 0. The van der Waals surface area contributed by atoms with Crippen molar-refractivity contribution in [2.75, 3.05) is 18.0 Å². The number of anilines is 1. The summed E-state index contributed by atoms with van der Waals surface area (Å²) in [6.45, 7) is 7.55. The Kier molecular flexibility index (Phi) is 6.71. The van der Waals surface area contributed by atoms with Gasteiger partial charge in [0.05, 0.1) is 12.1 Å². The first-order valence-corrected chi connectivity index (χ1v) is 8.70. The number of carbonyl (C=O) groups is 2. The molecule has 0 fully saturated rings. The number of carbonyl (C=O) groups excluding carboxylic acids is 2. The van der Waals surface area contributed by atoms with Gasteiger partial charge in [0.25, 0.3) is 0 Å². The highest BCUT2D eigenvalue weighted by atomic mass is 16.3. The molecule has 1 aromatic carbocycles. The third-order valence-electron chi connectivity index (χ3n) is 4.36. The summed E-state index contributed by atoms with van der Waals surface area (Å²) < 4.78 is 0. The van der Waals surface area contributed by atoms with Crippen LogP contribution in [0.1, 0.15) is 39.2 Å². The van der Waals surface area contributed by atoms with E-state index >= 15 is 0 Å². The topological polar surface area (TPSA) is 106 Å². The minimum atomic E-state index is -0.360. The molecule has 0 radical (unpaired) electrons. The van der Waals surface area contributed by atoms with E-state index in [1.807, 2.05) is 19.9 Å². The van der Waals surface area contributed by atoms with E-state index in [4.69, 9.17) is 0 Å². The summed E-state index contributed by atoms with van der Waals surface area (Å²) in [6, 6.07) is 5.33. The van der Waals surface area contributed by atoms with Crippen LogP contribution >= 0.6 is 0 Å². The van der Waals surface area contributed by atoms with Crippen LogP contribution in [-0.4, -0.2) is 41.9 Å². The molecule has 2 rings (SSSR count). The van der Waals surface area contributed by atoms with Gasteiger partial charge in [-0.15, -0.1) is 0 Å². The number of hydrogen-bond acceptors (Lipinski definition) is 6. The van der Waals surface area contributed by atoms with Crippen molar-refractivity contribution in [3.05, 3.63) is 23.8 Å². The summed E-state index contributed by atoms with van der Waals surface area (Å²) in [6.07, 6.45) is 1.94. The van der Waals surface area contributed by atoms with Crippen LogP contribution < -0.4 is 15.8 Å². The third kappa shape index (κ3) is 4.81. The molecule has 3 N–H and O–H groups in total. The number of benzene rings is 1. The summed E-state index contributed by atoms with van der Waals surface area (Å²) in [5, 5.41) is 17.8. The molecule has 8 nitrogen and oxygen atoms in total. The summed E-state index contributed by atoms with van der Waals surface area (Å²) in [4.78, 5) is 25.5. The fourth-order valence-electron chi connectivity index (χ4n) is 2.76. The van der Waals surface area contributed by atoms with Crippen molar-refractivity contribution >= 4 is 29.4 Å². The van der Waals surface area contributed by atoms with Crippen molar-refractivity contribution in [3.8, 4) is 5.75 Å². The van der Waals surface area contributed by atoms with Gasteiger partial charge in [-0.05, 0) is 39.3 Å². The smallest absolute Gasteiger partial charge is 0.248 e. The Labute approximate surface area is 153 Å². The Morgan fingerprint density at radius 2 is 2.15 bits per heavy atom. The molecule has 1 aliphatic rings. The van der Waals surface area contributed by atoms with E-state index in [-0.39, 0.29) is 29.9 Å². The lowest BCUT2D eigenvalue weighted by Crippen LogP contribution is -2.25. The molecule has 0 bridgehead atoms. The first-order valence-electron chi connectivity index (χ1n) is 8.70. The van der Waals surface area contributed by atoms with Gasteiger partial charge in [0.15, 0.2) is 0 Å². The first-order chi connectivity index (χ1) is 12.5. The Balaban J connectivity index is 1.86. The minimum Gasteiger partial charge on any atom is -0.507 e. The lowest BCUT2D eigenvalue weighted by molar-refractivity contribution is -0.123. The second kappa shape index (κ2) is 8.98. The fourth-order valence-corrected chi connectivity index (χ4v) is 2.76. The zero-order valence-corrected chi connectivity index (χ0v) is 15.3. The monoisotopic (exact) mass is 359 g/mol. The maximum Gasteiger partial charge on any atom is 0.248 e. The van der Waals surface area contributed by atoms with E-state index in [2.05, 4.69) is 26.0 Å². The van der Waals surface area contributed by atoms with Crippen molar-refractivity contribution in [3.63, 3.8) is 0 Å². The van der Waals surface area contributed by atoms with E-state index in [9.17, 15) is 14.7 Å². The Bertz CT molecular complexity index is 726. The van der Waals surface area contributed by atoms with Crippen LogP contribution in [0.5, 0.6) is 5.75 Å². The van der Waals surface area contributed by atoms with Crippen LogP contribution in [0, 0.1) is 5.92 Å². The predicted octanol–water partition coefficient (Wildman–Crippen LogP) is 1.59. The van der Waals surface area contributed by atoms with Crippen LogP contribution in [0.25, 0.3) is 0 Å². The molecule has 0 saturated heterocycles. The van der Waals surface area contributed by atoms with Gasteiger partial charge in [-0.3, -0.25) is 9.59 Å². The van der Waals surface area contributed by atoms with Crippen molar-refractivity contribution < 1.29 is 14.7 Å². The van der Waals surface area contributed by atoms with Crippen LogP contribution in [0.3, 0.4) is 0 Å². The van der Waals surface area contributed by atoms with Crippen molar-refractivity contribution in [1.29, 1.82) is 0 Å². The van der Waals surface area contributed by atoms with E-state index in [1.54, 1.807) is 19.1 Å². The zero-order valence-electron chi connectivity index (χ0n) is 15.3. The molecule has 140 valence electrons. The molecule has 1 unspecified atom stereocenters. The van der Waals surface area contributed by atoms with Crippen LogP contribution in [0.2, 0.25) is 0 Å². The molecule has 2 amide bonds. The summed E-state index contributed by atoms with van der Waals surface area (Å²) in [5.41, 5.74) is 6.93. The Morgan fingerprint density at radius 1 is 1.42 bits per heavy atom. The zero-order chi connectivity index (χ0) is 19.1. The minimum absolute atomic E-state index is 0.0989. The molecule has 1 atom stereocenters. The molecule has 1 aromatic rings. The average Bonchev–Trinajstić information content (AvgIpc) is 2.94. The summed E-state index contributed by atoms with van der Waals surface area (Å²) in [5.74, 6) is -0.742. The van der Waals surface area contributed by atoms with Gasteiger partial charge in [0.2, 0.25) is 11.8 Å². The normalized spacial score (nSPS) is 16.5. The lowest BCUT2D eigenvalue weighted by Gasteiger charge is -2.21. The summed E-state index contributed by atoms with van der Waals surface area (Å²) in [7, 11) is 0. The van der Waals surface area contributed by atoms with Crippen LogP contribution in [-0.2, 0) is 9.59 Å². The SMILES string of the molecule is CCN(CC)c1ccc(/C=N\NC(=O)CCC2C(=O)NN=C2C)c(O)c1.